The van der Waals surface area contributed by atoms with Crippen LogP contribution in [0.5, 0.6) is 0 Å². The lowest BCUT2D eigenvalue weighted by atomic mass is 10.00. The zero-order valence-corrected chi connectivity index (χ0v) is 17.3. The number of Topliss-reactive ketones (excluding diaryl/α,β-unsaturated/α-hetero) is 1. The molecule has 2 heterocycles. The van der Waals surface area contributed by atoms with Crippen LogP contribution in [0.4, 0.5) is 11.4 Å². The molecule has 3 aromatic carbocycles. The molecule has 29 heavy (non-hydrogen) atoms. The first-order valence-electron chi connectivity index (χ1n) is 10.3. The fourth-order valence-corrected chi connectivity index (χ4v) is 4.71. The van der Waals surface area contributed by atoms with Crippen molar-refractivity contribution in [2.45, 2.75) is 39.9 Å². The Kier molecular flexibility index (Phi) is 4.20. The van der Waals surface area contributed by atoms with Crippen LogP contribution in [0.15, 0.2) is 60.7 Å². The molecular formula is C26H26N2O. The van der Waals surface area contributed by atoms with Crippen molar-refractivity contribution in [3.05, 3.63) is 94.0 Å². The fourth-order valence-electron chi connectivity index (χ4n) is 4.71. The second kappa shape index (κ2) is 6.77. The van der Waals surface area contributed by atoms with Gasteiger partial charge in [0.1, 0.15) is 6.04 Å². The summed E-state index contributed by atoms with van der Waals surface area (Å²) in [4.78, 5) is 18.4. The number of benzene rings is 3. The van der Waals surface area contributed by atoms with Gasteiger partial charge in [0, 0.05) is 36.6 Å². The van der Waals surface area contributed by atoms with E-state index in [4.69, 9.17) is 0 Å². The standard InChI is InChI=1S/C26H26N2O/c1-17-4-8-20(9-5-17)26(29)25-16-27-14-21-12-19(3)7-11-24(21)28(25)15-22-13-18(2)6-10-23(22)27/h4-13,25H,14-16H2,1-3H3. The summed E-state index contributed by atoms with van der Waals surface area (Å²) in [5.74, 6) is 0.202. The van der Waals surface area contributed by atoms with E-state index in [0.29, 0.717) is 6.54 Å². The molecule has 2 aliphatic rings. The summed E-state index contributed by atoms with van der Waals surface area (Å²) < 4.78 is 0. The molecule has 0 fully saturated rings. The molecule has 0 aromatic heterocycles. The van der Waals surface area contributed by atoms with Gasteiger partial charge in [0.2, 0.25) is 0 Å². The highest BCUT2D eigenvalue weighted by atomic mass is 16.1. The van der Waals surface area contributed by atoms with Gasteiger partial charge >= 0.3 is 0 Å². The van der Waals surface area contributed by atoms with E-state index in [0.717, 1.165) is 18.7 Å². The van der Waals surface area contributed by atoms with Crippen molar-refractivity contribution < 1.29 is 4.79 Å². The molecule has 3 heteroatoms. The van der Waals surface area contributed by atoms with Gasteiger partial charge in [-0.25, -0.2) is 0 Å². The molecule has 0 saturated carbocycles. The van der Waals surface area contributed by atoms with E-state index in [9.17, 15) is 4.79 Å². The molecule has 146 valence electrons. The Labute approximate surface area is 172 Å². The van der Waals surface area contributed by atoms with Crippen LogP contribution in [0.2, 0.25) is 0 Å². The quantitative estimate of drug-likeness (QED) is 0.569. The van der Waals surface area contributed by atoms with Gasteiger partial charge in [-0.05, 0) is 44.0 Å². The number of hydrogen-bond acceptors (Lipinski definition) is 3. The predicted octanol–water partition coefficient (Wildman–Crippen LogP) is 5.20. The smallest absolute Gasteiger partial charge is 0.187 e. The van der Waals surface area contributed by atoms with E-state index in [1.807, 2.05) is 24.3 Å². The van der Waals surface area contributed by atoms with E-state index < -0.39 is 0 Å². The van der Waals surface area contributed by atoms with Crippen LogP contribution < -0.4 is 9.80 Å². The molecular weight excluding hydrogens is 356 g/mol. The molecule has 5 rings (SSSR count). The van der Waals surface area contributed by atoms with Crippen molar-refractivity contribution in [3.8, 4) is 0 Å². The molecule has 0 saturated heterocycles. The van der Waals surface area contributed by atoms with Crippen LogP contribution in [-0.4, -0.2) is 18.4 Å². The molecule has 0 spiro atoms. The molecule has 3 aromatic rings. The lowest BCUT2D eigenvalue weighted by Gasteiger charge is -2.31. The summed E-state index contributed by atoms with van der Waals surface area (Å²) in [5.41, 5.74) is 9.54. The molecule has 2 aliphatic heterocycles. The third-order valence-corrected chi connectivity index (χ3v) is 6.23. The van der Waals surface area contributed by atoms with E-state index in [-0.39, 0.29) is 11.8 Å². The predicted molar refractivity (Wildman–Crippen MR) is 119 cm³/mol. The van der Waals surface area contributed by atoms with Gasteiger partial charge < -0.3 is 9.80 Å². The van der Waals surface area contributed by atoms with Gasteiger partial charge in [0.15, 0.2) is 5.78 Å². The van der Waals surface area contributed by atoms with Gasteiger partial charge in [0.25, 0.3) is 0 Å². The zero-order valence-electron chi connectivity index (χ0n) is 17.3. The van der Waals surface area contributed by atoms with E-state index in [1.54, 1.807) is 0 Å². The molecule has 0 amide bonds. The van der Waals surface area contributed by atoms with Crippen LogP contribution in [0, 0.1) is 20.8 Å². The topological polar surface area (TPSA) is 23.6 Å². The average Bonchev–Trinajstić information content (AvgIpc) is 2.94. The lowest BCUT2D eigenvalue weighted by molar-refractivity contribution is 0.0960. The number of rotatable bonds is 2. The minimum atomic E-state index is -0.200. The van der Waals surface area contributed by atoms with Crippen LogP contribution in [-0.2, 0) is 13.1 Å². The summed E-state index contributed by atoms with van der Waals surface area (Å²) in [6.07, 6.45) is 0. The monoisotopic (exact) mass is 382 g/mol. The average molecular weight is 383 g/mol. The maximum absolute atomic E-state index is 13.6. The molecule has 2 bridgehead atoms. The van der Waals surface area contributed by atoms with Crippen LogP contribution in [0.3, 0.4) is 0 Å². The summed E-state index contributed by atoms with van der Waals surface area (Å²) in [6.45, 7) is 8.62. The molecule has 0 aliphatic carbocycles. The number of aryl methyl sites for hydroxylation is 3. The van der Waals surface area contributed by atoms with Crippen LogP contribution in [0.25, 0.3) is 0 Å². The van der Waals surface area contributed by atoms with Crippen molar-refractivity contribution in [2.24, 2.45) is 0 Å². The molecule has 1 atom stereocenters. The Balaban J connectivity index is 1.65. The highest BCUT2D eigenvalue weighted by Gasteiger charge is 2.37. The van der Waals surface area contributed by atoms with Crippen molar-refractivity contribution in [3.63, 3.8) is 0 Å². The second-order valence-electron chi connectivity index (χ2n) is 8.52. The largest absolute Gasteiger partial charge is 0.364 e. The number of hydrogen-bond donors (Lipinski definition) is 0. The molecule has 0 radical (unpaired) electrons. The summed E-state index contributed by atoms with van der Waals surface area (Å²) in [6, 6.07) is 21.1. The zero-order chi connectivity index (χ0) is 20.1. The number of carbonyl (C=O) groups excluding carboxylic acids is 1. The minimum absolute atomic E-state index is 0.200. The maximum atomic E-state index is 13.6. The van der Waals surface area contributed by atoms with Crippen LogP contribution in [0.1, 0.15) is 38.2 Å². The lowest BCUT2D eigenvalue weighted by Crippen LogP contribution is -2.45. The van der Waals surface area contributed by atoms with Crippen molar-refractivity contribution in [1.29, 1.82) is 0 Å². The van der Waals surface area contributed by atoms with Crippen molar-refractivity contribution in [2.75, 3.05) is 16.3 Å². The first-order valence-corrected chi connectivity index (χ1v) is 10.3. The van der Waals surface area contributed by atoms with Gasteiger partial charge in [0.05, 0.1) is 0 Å². The number of nitrogens with zero attached hydrogens (tertiary/aromatic N) is 2. The Morgan fingerprint density at radius 1 is 0.759 bits per heavy atom. The molecule has 1 unspecified atom stereocenters. The molecule has 0 N–H and O–H groups in total. The highest BCUT2D eigenvalue weighted by Crippen LogP contribution is 2.39. The molecule has 3 nitrogen and oxygen atoms in total. The third-order valence-electron chi connectivity index (χ3n) is 6.23. The number of carbonyl (C=O) groups is 1. The summed E-state index contributed by atoms with van der Waals surface area (Å²) in [7, 11) is 0. The first-order chi connectivity index (χ1) is 14.0. The minimum Gasteiger partial charge on any atom is -0.364 e. The van der Waals surface area contributed by atoms with E-state index in [1.165, 1.54) is 39.2 Å². The van der Waals surface area contributed by atoms with Crippen molar-refractivity contribution >= 4 is 17.2 Å². The Bertz CT molecular complexity index is 1100. The summed E-state index contributed by atoms with van der Waals surface area (Å²) >= 11 is 0. The van der Waals surface area contributed by atoms with Crippen LogP contribution >= 0.6 is 0 Å². The highest BCUT2D eigenvalue weighted by molar-refractivity contribution is 6.03. The van der Waals surface area contributed by atoms with Gasteiger partial charge in [-0.3, -0.25) is 4.79 Å². The Morgan fingerprint density at radius 2 is 1.34 bits per heavy atom. The van der Waals surface area contributed by atoms with E-state index >= 15 is 0 Å². The maximum Gasteiger partial charge on any atom is 0.187 e. The van der Waals surface area contributed by atoms with E-state index in [2.05, 4.69) is 67.0 Å². The third kappa shape index (κ3) is 3.11. The number of anilines is 2. The van der Waals surface area contributed by atoms with Gasteiger partial charge in [-0.15, -0.1) is 0 Å². The normalized spacial score (nSPS) is 17.4. The van der Waals surface area contributed by atoms with Gasteiger partial charge in [-0.2, -0.15) is 0 Å². The Hall–Kier alpha value is -3.07. The van der Waals surface area contributed by atoms with Crippen molar-refractivity contribution in [1.82, 2.24) is 0 Å². The first kappa shape index (κ1) is 18.0. The fraction of sp³-hybridized carbons (Fsp3) is 0.269. The van der Waals surface area contributed by atoms with Gasteiger partial charge in [-0.1, -0.05) is 65.2 Å². The number of fused-ring (bicyclic) bond motifs is 7. The Morgan fingerprint density at radius 3 is 2.03 bits per heavy atom. The SMILES string of the molecule is Cc1ccc(C(=O)C2CN3Cc4cc(C)ccc4N2Cc2cc(C)ccc23)cc1. The summed E-state index contributed by atoms with van der Waals surface area (Å²) in [5, 5.41) is 0. The second-order valence-corrected chi connectivity index (χ2v) is 8.52. The number of ketones is 1.